The number of nitrogens with one attached hydrogen (secondary N) is 1. The highest BCUT2D eigenvalue weighted by atomic mass is 32.2. The smallest absolute Gasteiger partial charge is 0.168 e. The summed E-state index contributed by atoms with van der Waals surface area (Å²) in [7, 11) is 0. The molecule has 0 radical (unpaired) electrons. The van der Waals surface area contributed by atoms with E-state index in [0.717, 1.165) is 17.6 Å². The van der Waals surface area contributed by atoms with Crippen LogP contribution in [0.2, 0.25) is 0 Å². The van der Waals surface area contributed by atoms with E-state index in [1.807, 2.05) is 18.2 Å². The van der Waals surface area contributed by atoms with Crippen molar-refractivity contribution in [2.45, 2.75) is 0 Å². The molecule has 68 valence electrons. The zero-order valence-corrected chi connectivity index (χ0v) is 8.31. The van der Waals surface area contributed by atoms with E-state index < -0.39 is 0 Å². The molecule has 0 saturated heterocycles. The van der Waals surface area contributed by atoms with Gasteiger partial charge in [0.1, 0.15) is 0 Å². The lowest BCUT2D eigenvalue weighted by Crippen LogP contribution is -2.12. The van der Waals surface area contributed by atoms with Gasteiger partial charge in [-0.3, -0.25) is 15.5 Å². The lowest BCUT2D eigenvalue weighted by atomic mass is 10.4. The van der Waals surface area contributed by atoms with Gasteiger partial charge in [0.15, 0.2) is 4.32 Å². The molecule has 0 atom stereocenters. The van der Waals surface area contributed by atoms with Crippen LogP contribution in [-0.4, -0.2) is 15.5 Å². The highest BCUT2D eigenvalue weighted by Crippen LogP contribution is 1.90. The van der Waals surface area contributed by atoms with E-state index in [1.54, 1.807) is 12.4 Å². The monoisotopic (exact) mass is 212 g/mol. The summed E-state index contributed by atoms with van der Waals surface area (Å²) >= 11 is 5.71. The fourth-order valence-corrected chi connectivity index (χ4v) is 0.788. The van der Waals surface area contributed by atoms with Crippen LogP contribution in [0.5, 0.6) is 0 Å². The van der Waals surface area contributed by atoms with Crippen molar-refractivity contribution >= 4 is 34.7 Å². The van der Waals surface area contributed by atoms with Crippen LogP contribution < -0.4 is 10.6 Å². The van der Waals surface area contributed by atoms with Crippen LogP contribution in [0.1, 0.15) is 5.69 Å². The summed E-state index contributed by atoms with van der Waals surface area (Å²) in [5, 5.41) is 9.01. The maximum atomic E-state index is 5.17. The topological polar surface area (TPSA) is 63.3 Å². The minimum Gasteiger partial charge on any atom is -0.272 e. The van der Waals surface area contributed by atoms with Gasteiger partial charge in [-0.25, -0.2) is 0 Å². The van der Waals surface area contributed by atoms with Crippen LogP contribution in [0.3, 0.4) is 0 Å². The zero-order valence-electron chi connectivity index (χ0n) is 6.68. The van der Waals surface area contributed by atoms with Crippen LogP contribution in [-0.2, 0) is 0 Å². The Morgan fingerprint density at radius 3 is 3.15 bits per heavy atom. The van der Waals surface area contributed by atoms with Gasteiger partial charge in [0.05, 0.1) is 11.9 Å². The SMILES string of the molecule is NSC(=S)NN=Cc1ccccn1. The molecule has 0 spiro atoms. The van der Waals surface area contributed by atoms with Crippen molar-refractivity contribution in [1.82, 2.24) is 10.4 Å². The summed E-state index contributed by atoms with van der Waals surface area (Å²) in [6.45, 7) is 0. The Balaban J connectivity index is 2.45. The van der Waals surface area contributed by atoms with E-state index in [9.17, 15) is 0 Å². The van der Waals surface area contributed by atoms with Crippen molar-refractivity contribution in [3.8, 4) is 0 Å². The van der Waals surface area contributed by atoms with Gasteiger partial charge in [0.25, 0.3) is 0 Å². The van der Waals surface area contributed by atoms with Crippen LogP contribution in [0.25, 0.3) is 0 Å². The van der Waals surface area contributed by atoms with Gasteiger partial charge < -0.3 is 0 Å². The second-order valence-electron chi connectivity index (χ2n) is 2.03. The largest absolute Gasteiger partial charge is 0.272 e. The summed E-state index contributed by atoms with van der Waals surface area (Å²) < 4.78 is 0.423. The van der Waals surface area contributed by atoms with Crippen molar-refractivity contribution in [1.29, 1.82) is 0 Å². The third kappa shape index (κ3) is 3.97. The first-order valence-electron chi connectivity index (χ1n) is 3.43. The molecule has 0 bridgehead atoms. The Labute approximate surface area is 85.8 Å². The van der Waals surface area contributed by atoms with Crippen molar-refractivity contribution in [2.75, 3.05) is 0 Å². The van der Waals surface area contributed by atoms with Crippen LogP contribution in [0.4, 0.5) is 0 Å². The molecular formula is C7H8N4S2. The molecule has 0 fully saturated rings. The van der Waals surface area contributed by atoms with Gasteiger partial charge in [-0.2, -0.15) is 5.10 Å². The molecule has 3 N–H and O–H groups in total. The normalized spacial score (nSPS) is 10.2. The Bertz CT molecular complexity index is 299. The van der Waals surface area contributed by atoms with Crippen molar-refractivity contribution < 1.29 is 0 Å². The number of nitrogens with zero attached hydrogens (tertiary/aromatic N) is 2. The van der Waals surface area contributed by atoms with E-state index in [4.69, 9.17) is 17.4 Å². The van der Waals surface area contributed by atoms with Crippen molar-refractivity contribution in [2.24, 2.45) is 10.2 Å². The fraction of sp³-hybridized carbons (Fsp3) is 0. The third-order valence-electron chi connectivity index (χ3n) is 1.15. The zero-order chi connectivity index (χ0) is 9.52. The molecule has 0 amide bonds. The average molecular weight is 212 g/mol. The standard InChI is InChI=1S/C7H8N4S2/c8-13-7(12)11-10-5-6-3-1-2-4-9-6/h1-5H,8H2,(H,11,12). The molecule has 0 aliphatic carbocycles. The lowest BCUT2D eigenvalue weighted by molar-refractivity contribution is 1.07. The molecule has 1 aromatic rings. The Hall–Kier alpha value is -0.980. The quantitative estimate of drug-likeness (QED) is 0.330. The van der Waals surface area contributed by atoms with Gasteiger partial charge in [0, 0.05) is 6.20 Å². The molecule has 6 heteroatoms. The summed E-state index contributed by atoms with van der Waals surface area (Å²) in [6, 6.07) is 5.55. The van der Waals surface area contributed by atoms with Gasteiger partial charge >= 0.3 is 0 Å². The second-order valence-corrected chi connectivity index (χ2v) is 3.34. The number of hydrogen-bond donors (Lipinski definition) is 2. The van der Waals surface area contributed by atoms with Gasteiger partial charge in [-0.05, 0) is 36.3 Å². The van der Waals surface area contributed by atoms with E-state index in [0.29, 0.717) is 4.32 Å². The molecule has 1 aromatic heterocycles. The molecule has 0 aromatic carbocycles. The first-order chi connectivity index (χ1) is 6.33. The highest BCUT2D eigenvalue weighted by Gasteiger charge is 1.88. The van der Waals surface area contributed by atoms with Crippen LogP contribution >= 0.6 is 24.2 Å². The average Bonchev–Trinajstić information content (AvgIpc) is 2.19. The Kier molecular flexibility index (Phi) is 4.37. The first-order valence-corrected chi connectivity index (χ1v) is 4.72. The molecule has 0 saturated carbocycles. The van der Waals surface area contributed by atoms with Gasteiger partial charge in [-0.15, -0.1) is 0 Å². The van der Waals surface area contributed by atoms with E-state index >= 15 is 0 Å². The number of rotatable bonds is 2. The lowest BCUT2D eigenvalue weighted by Gasteiger charge is -1.95. The number of hydrazone groups is 1. The highest BCUT2D eigenvalue weighted by molar-refractivity contribution is 8.21. The molecule has 0 aliphatic rings. The second kappa shape index (κ2) is 5.63. The van der Waals surface area contributed by atoms with Crippen molar-refractivity contribution in [3.63, 3.8) is 0 Å². The summed E-state index contributed by atoms with van der Waals surface area (Å²) in [4.78, 5) is 4.03. The number of thiocarbonyl (C=S) groups is 1. The molecule has 1 heterocycles. The Morgan fingerprint density at radius 2 is 2.54 bits per heavy atom. The van der Waals surface area contributed by atoms with Crippen LogP contribution in [0, 0.1) is 0 Å². The van der Waals surface area contributed by atoms with Gasteiger partial charge in [0.2, 0.25) is 0 Å². The van der Waals surface area contributed by atoms with E-state index in [1.165, 1.54) is 0 Å². The van der Waals surface area contributed by atoms with Crippen LogP contribution in [0.15, 0.2) is 29.5 Å². The number of aromatic nitrogens is 1. The van der Waals surface area contributed by atoms with E-state index in [2.05, 4.69) is 15.5 Å². The molecule has 0 aliphatic heterocycles. The summed E-state index contributed by atoms with van der Waals surface area (Å²) in [6.07, 6.45) is 3.26. The first kappa shape index (κ1) is 10.1. The molecular weight excluding hydrogens is 204 g/mol. The predicted octanol–water partition coefficient (Wildman–Crippen LogP) is 0.897. The molecule has 1 rings (SSSR count). The fourth-order valence-electron chi connectivity index (χ4n) is 0.630. The Morgan fingerprint density at radius 1 is 1.69 bits per heavy atom. The van der Waals surface area contributed by atoms with Crippen molar-refractivity contribution in [3.05, 3.63) is 30.1 Å². The third-order valence-corrected chi connectivity index (χ3v) is 1.83. The maximum absolute atomic E-state index is 5.17. The number of pyridine rings is 1. The number of nitrogens with two attached hydrogens (primary N) is 1. The molecule has 13 heavy (non-hydrogen) atoms. The summed E-state index contributed by atoms with van der Waals surface area (Å²) in [5.74, 6) is 0. The number of hydrogen-bond acceptors (Lipinski definition) is 5. The van der Waals surface area contributed by atoms with Gasteiger partial charge in [-0.1, -0.05) is 6.07 Å². The minimum absolute atomic E-state index is 0.423. The minimum atomic E-state index is 0.423. The predicted molar refractivity (Wildman–Crippen MR) is 59.3 cm³/mol. The molecule has 4 nitrogen and oxygen atoms in total. The summed E-state index contributed by atoms with van der Waals surface area (Å²) in [5.41, 5.74) is 3.34. The molecule has 0 unspecified atom stereocenters. The maximum Gasteiger partial charge on any atom is 0.168 e. The van der Waals surface area contributed by atoms with E-state index in [-0.39, 0.29) is 0 Å².